The van der Waals surface area contributed by atoms with Crippen molar-refractivity contribution < 1.29 is 13.2 Å². The molecular weight excluding hydrogens is 506 g/mol. The van der Waals surface area contributed by atoms with Gasteiger partial charge in [0.1, 0.15) is 0 Å². The van der Waals surface area contributed by atoms with Gasteiger partial charge >= 0.3 is 0 Å². The zero-order valence-corrected chi connectivity index (χ0v) is 21.5. The molecular formula is C27H23N5O3S2. The SMILES string of the molecule is C=CCn1c(=NC(=O)c2ccc(S(=O)(=O)N(CCC#N)CCC#N)cc2)sc2c3ccccc3ccc21. The highest BCUT2D eigenvalue weighted by Crippen LogP contribution is 2.27. The van der Waals surface area contributed by atoms with E-state index in [9.17, 15) is 13.2 Å². The number of nitrogens with zero attached hydrogens (tertiary/aromatic N) is 5. The Morgan fingerprint density at radius 3 is 2.35 bits per heavy atom. The average Bonchev–Trinajstić information content (AvgIpc) is 3.26. The number of carbonyl (C=O) groups excluding carboxylic acids is 1. The normalized spacial score (nSPS) is 12.0. The molecule has 0 saturated heterocycles. The number of allylic oxidation sites excluding steroid dienone is 1. The minimum atomic E-state index is -3.92. The maximum Gasteiger partial charge on any atom is 0.279 e. The zero-order chi connectivity index (χ0) is 26.4. The highest BCUT2D eigenvalue weighted by Gasteiger charge is 2.24. The van der Waals surface area contributed by atoms with Gasteiger partial charge in [-0.05, 0) is 35.7 Å². The van der Waals surface area contributed by atoms with Crippen molar-refractivity contribution >= 4 is 48.3 Å². The van der Waals surface area contributed by atoms with Crippen LogP contribution in [0.25, 0.3) is 21.0 Å². The van der Waals surface area contributed by atoms with Crippen LogP contribution in [0.4, 0.5) is 0 Å². The van der Waals surface area contributed by atoms with Crippen molar-refractivity contribution in [2.24, 2.45) is 4.99 Å². The maximum atomic E-state index is 13.1. The maximum absolute atomic E-state index is 13.1. The highest BCUT2D eigenvalue weighted by molar-refractivity contribution is 7.89. The molecule has 37 heavy (non-hydrogen) atoms. The minimum absolute atomic E-state index is 0.00920. The monoisotopic (exact) mass is 529 g/mol. The quantitative estimate of drug-likeness (QED) is 0.294. The molecule has 0 radical (unpaired) electrons. The van der Waals surface area contributed by atoms with Crippen LogP contribution in [0.2, 0.25) is 0 Å². The van der Waals surface area contributed by atoms with Gasteiger partial charge in [0.2, 0.25) is 10.0 Å². The summed E-state index contributed by atoms with van der Waals surface area (Å²) in [5.74, 6) is -0.497. The van der Waals surface area contributed by atoms with Crippen LogP contribution < -0.4 is 4.80 Å². The average molecular weight is 530 g/mol. The van der Waals surface area contributed by atoms with Crippen LogP contribution in [0.15, 0.2) is 83.2 Å². The van der Waals surface area contributed by atoms with Gasteiger partial charge in [-0.3, -0.25) is 4.79 Å². The molecule has 1 amide bonds. The van der Waals surface area contributed by atoms with Gasteiger partial charge in [-0.2, -0.15) is 19.8 Å². The first kappa shape index (κ1) is 26.0. The third-order valence-corrected chi connectivity index (χ3v) is 8.81. The summed E-state index contributed by atoms with van der Waals surface area (Å²) in [5.41, 5.74) is 1.19. The van der Waals surface area contributed by atoms with E-state index in [2.05, 4.69) is 11.6 Å². The molecule has 1 aromatic heterocycles. The molecule has 0 aliphatic carbocycles. The fourth-order valence-corrected chi connectivity index (χ4v) is 6.58. The van der Waals surface area contributed by atoms with Crippen LogP contribution in [0.1, 0.15) is 23.2 Å². The number of nitriles is 2. The number of thiazole rings is 1. The summed E-state index contributed by atoms with van der Waals surface area (Å²) in [7, 11) is -3.92. The lowest BCUT2D eigenvalue weighted by Crippen LogP contribution is -2.32. The van der Waals surface area contributed by atoms with Crippen LogP contribution in [-0.4, -0.2) is 36.3 Å². The minimum Gasteiger partial charge on any atom is -0.312 e. The molecule has 0 aliphatic rings. The van der Waals surface area contributed by atoms with E-state index in [-0.39, 0.29) is 36.4 Å². The molecule has 3 aromatic carbocycles. The lowest BCUT2D eigenvalue weighted by molar-refractivity contribution is 0.0997. The highest BCUT2D eigenvalue weighted by atomic mass is 32.2. The number of sulfonamides is 1. The van der Waals surface area contributed by atoms with Crippen molar-refractivity contribution in [1.82, 2.24) is 8.87 Å². The third kappa shape index (κ3) is 5.37. The number of rotatable bonds is 9. The van der Waals surface area contributed by atoms with Gasteiger partial charge in [0.05, 0.1) is 27.3 Å². The number of hydrogen-bond donors (Lipinski definition) is 0. The van der Waals surface area contributed by atoms with E-state index >= 15 is 0 Å². The van der Waals surface area contributed by atoms with Gasteiger partial charge in [0, 0.05) is 43.4 Å². The van der Waals surface area contributed by atoms with Crippen LogP contribution in [0.3, 0.4) is 0 Å². The number of fused-ring (bicyclic) bond motifs is 3. The van der Waals surface area contributed by atoms with Gasteiger partial charge in [-0.15, -0.1) is 6.58 Å². The van der Waals surface area contributed by atoms with Gasteiger partial charge in [0.15, 0.2) is 4.80 Å². The second-order valence-electron chi connectivity index (χ2n) is 8.08. The van der Waals surface area contributed by atoms with E-state index < -0.39 is 15.9 Å². The van der Waals surface area contributed by atoms with Crippen molar-refractivity contribution in [2.45, 2.75) is 24.3 Å². The molecule has 0 fully saturated rings. The summed E-state index contributed by atoms with van der Waals surface area (Å²) in [4.78, 5) is 17.9. The van der Waals surface area contributed by atoms with Gasteiger partial charge in [-0.25, -0.2) is 8.42 Å². The Labute approximate surface area is 218 Å². The molecule has 0 saturated carbocycles. The Bertz CT molecular complexity index is 1720. The summed E-state index contributed by atoms with van der Waals surface area (Å²) in [6.45, 7) is 4.28. The van der Waals surface area contributed by atoms with E-state index in [4.69, 9.17) is 10.5 Å². The Balaban J connectivity index is 1.69. The van der Waals surface area contributed by atoms with E-state index in [0.29, 0.717) is 11.3 Å². The summed E-state index contributed by atoms with van der Waals surface area (Å²) in [6.07, 6.45) is 1.76. The summed E-state index contributed by atoms with van der Waals surface area (Å²) in [6, 6.07) is 21.4. The van der Waals surface area contributed by atoms with Gasteiger partial charge in [0.25, 0.3) is 5.91 Å². The largest absolute Gasteiger partial charge is 0.312 e. The van der Waals surface area contributed by atoms with Crippen molar-refractivity contribution in [3.05, 3.63) is 83.7 Å². The molecule has 0 spiro atoms. The van der Waals surface area contributed by atoms with E-state index in [0.717, 1.165) is 25.3 Å². The first-order valence-corrected chi connectivity index (χ1v) is 13.7. The predicted octanol–water partition coefficient (Wildman–Crippen LogP) is 4.60. The first-order chi connectivity index (χ1) is 17.9. The fraction of sp³-hybridized carbons (Fsp3) is 0.185. The van der Waals surface area contributed by atoms with Gasteiger partial charge < -0.3 is 4.57 Å². The lowest BCUT2D eigenvalue weighted by Gasteiger charge is -2.20. The van der Waals surface area contributed by atoms with Gasteiger partial charge in [-0.1, -0.05) is 47.7 Å². The number of carbonyl (C=O) groups is 1. The molecule has 1 heterocycles. The predicted molar refractivity (Wildman–Crippen MR) is 143 cm³/mol. The van der Waals surface area contributed by atoms with Crippen molar-refractivity contribution in [3.63, 3.8) is 0 Å². The number of hydrogen-bond acceptors (Lipinski definition) is 6. The fourth-order valence-electron chi connectivity index (χ4n) is 3.96. The molecule has 0 aliphatic heterocycles. The standard InChI is InChI=1S/C27H23N5O3S2/c1-2-17-32-24-14-11-20-7-3-4-8-23(20)25(24)36-27(32)30-26(33)21-9-12-22(13-10-21)37(34,35)31(18-5-15-28)19-6-16-29/h2-4,7-14H,1,5-6,17-19H2. The topological polar surface area (TPSA) is 119 Å². The summed E-state index contributed by atoms with van der Waals surface area (Å²) in [5, 5.41) is 19.9. The molecule has 4 rings (SSSR count). The van der Waals surface area contributed by atoms with Crippen LogP contribution in [0, 0.1) is 22.7 Å². The first-order valence-electron chi connectivity index (χ1n) is 11.5. The van der Waals surface area contributed by atoms with Crippen molar-refractivity contribution in [2.75, 3.05) is 13.1 Å². The Morgan fingerprint density at radius 1 is 1.03 bits per heavy atom. The summed E-state index contributed by atoms with van der Waals surface area (Å²) >= 11 is 1.42. The van der Waals surface area contributed by atoms with Crippen LogP contribution >= 0.6 is 11.3 Å². The molecule has 4 aromatic rings. The zero-order valence-electron chi connectivity index (χ0n) is 19.9. The second-order valence-corrected chi connectivity index (χ2v) is 11.0. The molecule has 0 N–H and O–H groups in total. The lowest BCUT2D eigenvalue weighted by atomic mass is 10.1. The van der Waals surface area contributed by atoms with Crippen LogP contribution in [-0.2, 0) is 16.6 Å². The summed E-state index contributed by atoms with van der Waals surface area (Å²) < 4.78 is 30.1. The number of aromatic nitrogens is 1. The molecule has 186 valence electrons. The second kappa shape index (κ2) is 11.3. The third-order valence-electron chi connectivity index (χ3n) is 5.77. The van der Waals surface area contributed by atoms with E-state index in [1.165, 1.54) is 35.6 Å². The Hall–Kier alpha value is -4.09. The molecule has 0 atom stereocenters. The van der Waals surface area contributed by atoms with Crippen LogP contribution in [0.5, 0.6) is 0 Å². The van der Waals surface area contributed by atoms with E-state index in [1.807, 2.05) is 53.1 Å². The molecule has 0 unspecified atom stereocenters. The van der Waals surface area contributed by atoms with Crippen molar-refractivity contribution in [3.8, 4) is 12.1 Å². The molecule has 0 bridgehead atoms. The molecule has 8 nitrogen and oxygen atoms in total. The smallest absolute Gasteiger partial charge is 0.279 e. The van der Waals surface area contributed by atoms with Crippen molar-refractivity contribution in [1.29, 1.82) is 10.5 Å². The number of amides is 1. The Kier molecular flexibility index (Phi) is 7.95. The molecule has 10 heteroatoms. The number of benzene rings is 3. The Morgan fingerprint density at radius 2 is 1.70 bits per heavy atom. The van der Waals surface area contributed by atoms with E-state index in [1.54, 1.807) is 6.08 Å².